The Morgan fingerprint density at radius 1 is 0.411 bits per heavy atom. The summed E-state index contributed by atoms with van der Waals surface area (Å²) in [5.74, 6) is 0. The number of benzene rings is 10. The van der Waals surface area contributed by atoms with E-state index in [-0.39, 0.29) is 0 Å². The third-order valence-corrected chi connectivity index (χ3v) is 13.0. The molecule has 0 saturated carbocycles. The van der Waals surface area contributed by atoms with E-state index in [1.54, 1.807) is 0 Å². The van der Waals surface area contributed by atoms with Gasteiger partial charge in [0, 0.05) is 58.5 Å². The molecule has 0 bridgehead atoms. The number of anilines is 1. The van der Waals surface area contributed by atoms with Crippen molar-refractivity contribution >= 4 is 119 Å². The third-order valence-electron chi connectivity index (χ3n) is 11.9. The van der Waals surface area contributed by atoms with Gasteiger partial charge < -0.3 is 10.3 Å². The Balaban J connectivity index is 1.20. The average molecular weight is 732 g/mol. The molecule has 0 spiro atoms. The van der Waals surface area contributed by atoms with Gasteiger partial charge in [-0.25, -0.2) is 0 Å². The van der Waals surface area contributed by atoms with Gasteiger partial charge in [0.05, 0.1) is 16.7 Å². The number of thiophene rings is 1. The van der Waals surface area contributed by atoms with Crippen molar-refractivity contribution in [2.24, 2.45) is 4.99 Å². The van der Waals surface area contributed by atoms with E-state index in [1.165, 1.54) is 74.0 Å². The van der Waals surface area contributed by atoms with E-state index in [0.29, 0.717) is 6.67 Å². The van der Waals surface area contributed by atoms with Gasteiger partial charge in [-0.2, -0.15) is 0 Å². The van der Waals surface area contributed by atoms with Gasteiger partial charge in [0.25, 0.3) is 0 Å². The smallest absolute Gasteiger partial charge is 0.115 e. The summed E-state index contributed by atoms with van der Waals surface area (Å²) in [5, 5.41) is 17.3. The number of hydrogen-bond donors (Lipinski definition) is 1. The van der Waals surface area contributed by atoms with Gasteiger partial charge >= 0.3 is 0 Å². The topological polar surface area (TPSA) is 43.3 Å². The van der Waals surface area contributed by atoms with Crippen LogP contribution in [0.3, 0.4) is 0 Å². The Bertz CT molecular complexity index is 3610. The number of aliphatic imine (C=N–C) groups is 1. The van der Waals surface area contributed by atoms with Crippen LogP contribution in [0.15, 0.2) is 181 Å². The van der Waals surface area contributed by atoms with Crippen molar-refractivity contribution in [1.29, 1.82) is 0 Å². The minimum absolute atomic E-state index is 0.412. The molecule has 0 saturated heterocycles. The molecule has 0 fully saturated rings. The second-order valence-corrected chi connectivity index (χ2v) is 15.8. The van der Waals surface area contributed by atoms with Gasteiger partial charge in [0.1, 0.15) is 6.67 Å². The predicted molar refractivity (Wildman–Crippen MR) is 243 cm³/mol. The van der Waals surface area contributed by atoms with Gasteiger partial charge in [-0.1, -0.05) is 152 Å². The predicted octanol–water partition coefficient (Wildman–Crippen LogP) is 14.0. The van der Waals surface area contributed by atoms with Crippen LogP contribution in [-0.4, -0.2) is 10.3 Å². The van der Waals surface area contributed by atoms with Gasteiger partial charge in [-0.05, 0) is 67.4 Å². The number of hydrogen-bond acceptors (Lipinski definition) is 3. The van der Waals surface area contributed by atoms with Crippen LogP contribution in [0.1, 0.15) is 11.1 Å². The molecule has 2 aromatic heterocycles. The lowest BCUT2D eigenvalue weighted by Crippen LogP contribution is -2.10. The first-order chi connectivity index (χ1) is 27.7. The molecule has 0 atom stereocenters. The molecule has 12 rings (SSSR count). The standard InChI is InChI=1S/C52H33N3S/c53-51-34-15-4-2-13-32(34)24-26-42(51)52(41-21-11-23-46-47(41)40-20-9-10-22-45(40)56-46)54-30-55-43-28-25-31-12-1-3-14-33(31)49(43)50-44(55)29-27-39-37-18-6-5-16-35(37)36-17-7-8-19-38(36)48(39)50/h1-29H,30,53H2/b54-52-. The van der Waals surface area contributed by atoms with Crippen LogP contribution < -0.4 is 5.73 Å². The van der Waals surface area contributed by atoms with Crippen LogP contribution in [0.25, 0.3) is 95.8 Å². The van der Waals surface area contributed by atoms with E-state index >= 15 is 0 Å². The molecular weight excluding hydrogens is 699 g/mol. The van der Waals surface area contributed by atoms with Gasteiger partial charge in [-0.3, -0.25) is 4.99 Å². The monoisotopic (exact) mass is 731 g/mol. The van der Waals surface area contributed by atoms with E-state index in [2.05, 4.69) is 180 Å². The van der Waals surface area contributed by atoms with Crippen molar-refractivity contribution in [3.05, 3.63) is 187 Å². The summed E-state index contributed by atoms with van der Waals surface area (Å²) >= 11 is 1.83. The quantitative estimate of drug-likeness (QED) is 0.109. The molecular formula is C52H33N3S. The van der Waals surface area contributed by atoms with E-state index in [0.717, 1.165) is 44.3 Å². The summed E-state index contributed by atoms with van der Waals surface area (Å²) < 4.78 is 4.93. The molecule has 0 aliphatic rings. The SMILES string of the molecule is Nc1c(/C(=N\Cn2c3ccc4ccccc4c3c3c4c5ccccc5c5ccccc5c4ccc32)c2cccc3sc4ccccc4c23)ccc2ccccc12. The van der Waals surface area contributed by atoms with Gasteiger partial charge in [-0.15, -0.1) is 11.3 Å². The number of fused-ring (bicyclic) bond motifs is 16. The molecule has 10 aromatic carbocycles. The molecule has 2 N–H and O–H groups in total. The summed E-state index contributed by atoms with van der Waals surface area (Å²) in [6.45, 7) is 0.412. The molecule has 56 heavy (non-hydrogen) atoms. The fourth-order valence-corrected chi connectivity index (χ4v) is 10.6. The molecule has 0 unspecified atom stereocenters. The summed E-state index contributed by atoms with van der Waals surface area (Å²) in [4.78, 5) is 5.69. The van der Waals surface area contributed by atoms with Crippen LogP contribution in [0.2, 0.25) is 0 Å². The average Bonchev–Trinajstić information content (AvgIpc) is 3.80. The normalized spacial score (nSPS) is 12.5. The number of rotatable bonds is 4. The molecule has 0 aliphatic heterocycles. The lowest BCUT2D eigenvalue weighted by atomic mass is 9.91. The van der Waals surface area contributed by atoms with E-state index < -0.39 is 0 Å². The van der Waals surface area contributed by atoms with Gasteiger partial charge in [0.2, 0.25) is 0 Å². The molecule has 2 heterocycles. The molecule has 262 valence electrons. The minimum atomic E-state index is 0.412. The summed E-state index contributed by atoms with van der Waals surface area (Å²) in [6.07, 6.45) is 0. The van der Waals surface area contributed by atoms with Crippen molar-refractivity contribution in [1.82, 2.24) is 4.57 Å². The van der Waals surface area contributed by atoms with Crippen molar-refractivity contribution in [2.45, 2.75) is 6.67 Å². The van der Waals surface area contributed by atoms with E-state index in [1.807, 2.05) is 11.3 Å². The first-order valence-corrected chi connectivity index (χ1v) is 19.9. The second kappa shape index (κ2) is 12.0. The molecule has 0 amide bonds. The Hall–Kier alpha value is -7.01. The molecule has 4 heteroatoms. The number of aromatic nitrogens is 1. The van der Waals surface area contributed by atoms with Crippen LogP contribution >= 0.6 is 11.3 Å². The summed E-state index contributed by atoms with van der Waals surface area (Å²) in [5.41, 5.74) is 13.2. The maximum absolute atomic E-state index is 7.16. The summed E-state index contributed by atoms with van der Waals surface area (Å²) in [6, 6.07) is 63.7. The van der Waals surface area contributed by atoms with E-state index in [9.17, 15) is 0 Å². The van der Waals surface area contributed by atoms with Crippen LogP contribution in [0, 0.1) is 0 Å². The van der Waals surface area contributed by atoms with Gasteiger partial charge in [0.15, 0.2) is 0 Å². The minimum Gasteiger partial charge on any atom is -0.398 e. The highest BCUT2D eigenvalue weighted by molar-refractivity contribution is 7.25. The number of nitrogens with two attached hydrogens (primary N) is 1. The van der Waals surface area contributed by atoms with Crippen molar-refractivity contribution in [2.75, 3.05) is 5.73 Å². The molecule has 0 aliphatic carbocycles. The number of nitrogens with zero attached hydrogens (tertiary/aromatic N) is 2. The third kappa shape index (κ3) is 4.42. The fraction of sp³-hybridized carbons (Fsp3) is 0.0192. The second-order valence-electron chi connectivity index (χ2n) is 14.8. The summed E-state index contributed by atoms with van der Waals surface area (Å²) in [7, 11) is 0. The molecule has 0 radical (unpaired) electrons. The van der Waals surface area contributed by atoms with Crippen LogP contribution in [0.4, 0.5) is 5.69 Å². The Labute approximate surface area is 326 Å². The zero-order valence-electron chi connectivity index (χ0n) is 30.3. The first kappa shape index (κ1) is 31.4. The fourth-order valence-electron chi connectivity index (χ4n) is 9.42. The zero-order chi connectivity index (χ0) is 36.9. The first-order valence-electron chi connectivity index (χ1n) is 19.1. The maximum Gasteiger partial charge on any atom is 0.115 e. The maximum atomic E-state index is 7.16. The van der Waals surface area contributed by atoms with Crippen molar-refractivity contribution in [3.63, 3.8) is 0 Å². The lowest BCUT2D eigenvalue weighted by molar-refractivity contribution is 0.793. The van der Waals surface area contributed by atoms with Crippen LogP contribution in [-0.2, 0) is 6.67 Å². The molecule has 3 nitrogen and oxygen atoms in total. The largest absolute Gasteiger partial charge is 0.398 e. The van der Waals surface area contributed by atoms with Crippen molar-refractivity contribution < 1.29 is 0 Å². The van der Waals surface area contributed by atoms with Crippen molar-refractivity contribution in [3.8, 4) is 0 Å². The highest BCUT2D eigenvalue weighted by Crippen LogP contribution is 2.45. The Morgan fingerprint density at radius 3 is 1.75 bits per heavy atom. The zero-order valence-corrected chi connectivity index (χ0v) is 31.1. The number of nitrogen functional groups attached to an aromatic ring is 1. The Morgan fingerprint density at radius 2 is 0.964 bits per heavy atom. The van der Waals surface area contributed by atoms with E-state index in [4.69, 9.17) is 10.7 Å². The Kier molecular flexibility index (Phi) is 6.72. The molecule has 12 aromatic rings. The van der Waals surface area contributed by atoms with Crippen LogP contribution in [0.5, 0.6) is 0 Å². The highest BCUT2D eigenvalue weighted by atomic mass is 32.1. The lowest BCUT2D eigenvalue weighted by Gasteiger charge is -2.15. The highest BCUT2D eigenvalue weighted by Gasteiger charge is 2.22.